The summed E-state index contributed by atoms with van der Waals surface area (Å²) in [6.45, 7) is 0.299. The van der Waals surface area contributed by atoms with Gasteiger partial charge < -0.3 is 24.9 Å². The van der Waals surface area contributed by atoms with Crippen molar-refractivity contribution in [2.75, 3.05) is 12.3 Å². The van der Waals surface area contributed by atoms with Gasteiger partial charge in [0.25, 0.3) is 5.56 Å². The predicted octanol–water partition coefficient (Wildman–Crippen LogP) is 2.15. The second-order valence-corrected chi connectivity index (χ2v) is 8.29. The quantitative estimate of drug-likeness (QED) is 0.343. The summed E-state index contributed by atoms with van der Waals surface area (Å²) in [4.78, 5) is 30.1. The minimum absolute atomic E-state index is 0.0109. The van der Waals surface area contributed by atoms with E-state index in [2.05, 4.69) is 4.98 Å². The number of cyclic esters (lactones) is 1. The topological polar surface area (TPSA) is 117 Å². The summed E-state index contributed by atoms with van der Waals surface area (Å²) in [5, 5.41) is 11.1. The molecule has 10 heteroatoms. The molecule has 2 aromatic heterocycles. The molecule has 0 bridgehead atoms. The molecular formula is C22H17F2N3O5. The first-order valence-electron chi connectivity index (χ1n) is 10.1. The molecule has 3 aromatic rings. The van der Waals surface area contributed by atoms with E-state index < -0.39 is 29.7 Å². The minimum atomic E-state index is -3.32. The number of esters is 1. The zero-order valence-electron chi connectivity index (χ0n) is 16.9. The summed E-state index contributed by atoms with van der Waals surface area (Å²) < 4.78 is 41.9. The highest BCUT2D eigenvalue weighted by Crippen LogP contribution is 2.50. The van der Waals surface area contributed by atoms with Gasteiger partial charge in [-0.05, 0) is 24.6 Å². The summed E-state index contributed by atoms with van der Waals surface area (Å²) in [6, 6.07) is 4.56. The normalized spacial score (nSPS) is 22.1. The number of nitrogens with zero attached hydrogens (tertiary/aromatic N) is 2. The molecule has 32 heavy (non-hydrogen) atoms. The van der Waals surface area contributed by atoms with Gasteiger partial charge in [-0.3, -0.25) is 4.79 Å². The van der Waals surface area contributed by atoms with Crippen LogP contribution in [0.1, 0.15) is 35.6 Å². The monoisotopic (exact) mass is 441 g/mol. The van der Waals surface area contributed by atoms with Crippen LogP contribution in [0, 0.1) is 0 Å². The molecule has 5 heterocycles. The average Bonchev–Trinajstić information content (AvgIpc) is 3.13. The van der Waals surface area contributed by atoms with Crippen LogP contribution in [0.4, 0.5) is 14.5 Å². The van der Waals surface area contributed by atoms with Gasteiger partial charge in [0.05, 0.1) is 40.1 Å². The lowest BCUT2D eigenvalue weighted by atomic mass is 9.86. The van der Waals surface area contributed by atoms with Gasteiger partial charge in [0, 0.05) is 16.7 Å². The number of nitrogens with two attached hydrogens (primary N) is 1. The molecule has 164 valence electrons. The number of pyridine rings is 2. The van der Waals surface area contributed by atoms with E-state index in [-0.39, 0.29) is 75.6 Å². The highest BCUT2D eigenvalue weighted by molar-refractivity contribution is 5.97. The highest BCUT2D eigenvalue weighted by Gasteiger charge is 2.48. The lowest BCUT2D eigenvalue weighted by Crippen LogP contribution is -2.44. The van der Waals surface area contributed by atoms with E-state index in [0.717, 1.165) is 0 Å². The summed E-state index contributed by atoms with van der Waals surface area (Å²) in [5.74, 6) is -4.01. The van der Waals surface area contributed by atoms with Crippen LogP contribution < -0.4 is 16.0 Å². The first-order chi connectivity index (χ1) is 15.2. The molecule has 3 aliphatic heterocycles. The number of alkyl halides is 2. The second-order valence-electron chi connectivity index (χ2n) is 8.29. The van der Waals surface area contributed by atoms with Gasteiger partial charge in [-0.15, -0.1) is 0 Å². The fourth-order valence-electron chi connectivity index (χ4n) is 4.95. The first kappa shape index (κ1) is 19.2. The zero-order chi connectivity index (χ0) is 22.6. The molecular weight excluding hydrogens is 424 g/mol. The van der Waals surface area contributed by atoms with Gasteiger partial charge in [-0.1, -0.05) is 6.92 Å². The van der Waals surface area contributed by atoms with Crippen molar-refractivity contribution in [3.05, 3.63) is 50.8 Å². The Morgan fingerprint density at radius 2 is 2.03 bits per heavy atom. The van der Waals surface area contributed by atoms with Crippen LogP contribution in [0.15, 0.2) is 23.0 Å². The maximum Gasteiger partial charge on any atom is 0.343 e. The number of fused-ring (bicyclic) bond motifs is 5. The number of rotatable bonds is 1. The Labute approximate surface area is 179 Å². The van der Waals surface area contributed by atoms with Crippen molar-refractivity contribution in [3.8, 4) is 17.1 Å². The Kier molecular flexibility index (Phi) is 3.49. The van der Waals surface area contributed by atoms with Crippen LogP contribution >= 0.6 is 0 Å². The van der Waals surface area contributed by atoms with Crippen molar-refractivity contribution < 1.29 is 28.2 Å². The molecule has 0 fully saturated rings. The largest absolute Gasteiger partial charge is 0.484 e. The lowest BCUT2D eigenvalue weighted by molar-refractivity contribution is -0.172. The molecule has 0 unspecified atom stereocenters. The molecule has 0 saturated carbocycles. The first-order valence-corrected chi connectivity index (χ1v) is 10.1. The van der Waals surface area contributed by atoms with E-state index in [1.54, 1.807) is 6.92 Å². The smallest absolute Gasteiger partial charge is 0.343 e. The Morgan fingerprint density at radius 3 is 2.78 bits per heavy atom. The average molecular weight is 441 g/mol. The Balaban J connectivity index is 1.71. The number of hydrogen-bond donors (Lipinski definition) is 2. The number of nitrogen functional groups attached to an aromatic ring is 1. The molecule has 0 amide bonds. The predicted molar refractivity (Wildman–Crippen MR) is 108 cm³/mol. The third kappa shape index (κ3) is 2.15. The molecule has 0 radical (unpaired) electrons. The summed E-state index contributed by atoms with van der Waals surface area (Å²) in [6.07, 6.45) is -0.0109. The fourth-order valence-corrected chi connectivity index (χ4v) is 4.95. The molecule has 1 aromatic carbocycles. The van der Waals surface area contributed by atoms with Crippen molar-refractivity contribution in [1.82, 2.24) is 9.55 Å². The number of aromatic nitrogens is 2. The molecule has 0 spiro atoms. The van der Waals surface area contributed by atoms with Gasteiger partial charge in [0.2, 0.25) is 0 Å². The van der Waals surface area contributed by atoms with Gasteiger partial charge in [-0.25, -0.2) is 9.78 Å². The minimum Gasteiger partial charge on any atom is -0.484 e. The number of aliphatic hydroxyl groups is 1. The second kappa shape index (κ2) is 5.83. The maximum absolute atomic E-state index is 15.1. The summed E-state index contributed by atoms with van der Waals surface area (Å²) in [5.41, 5.74) is 4.61. The third-order valence-corrected chi connectivity index (χ3v) is 6.60. The zero-order valence-corrected chi connectivity index (χ0v) is 16.9. The molecule has 0 aliphatic carbocycles. The standard InChI is InChI=1S/C22H17F2N3O5/c1-2-21(30)11-5-14-17-9(6-27(14)19(28)10(11)7-31-20(21)29)16-15-13(26-17)4-3-12(25)18(15)32-8-22(16,23)24/h3-5,30H,2,6-8,25H2,1H3/t21-/m0/s1. The number of benzene rings is 1. The number of halogens is 2. The van der Waals surface area contributed by atoms with Gasteiger partial charge in [0.15, 0.2) is 18.0 Å². The lowest BCUT2D eigenvalue weighted by Gasteiger charge is -2.31. The van der Waals surface area contributed by atoms with E-state index in [1.165, 1.54) is 22.8 Å². The van der Waals surface area contributed by atoms with Crippen molar-refractivity contribution in [1.29, 1.82) is 0 Å². The summed E-state index contributed by atoms with van der Waals surface area (Å²) in [7, 11) is 0. The van der Waals surface area contributed by atoms with E-state index in [0.29, 0.717) is 0 Å². The van der Waals surface area contributed by atoms with Crippen LogP contribution in [-0.4, -0.2) is 27.2 Å². The molecule has 8 nitrogen and oxygen atoms in total. The van der Waals surface area contributed by atoms with Gasteiger partial charge in [0.1, 0.15) is 6.61 Å². The molecule has 3 N–H and O–H groups in total. The molecule has 0 saturated heterocycles. The number of hydrogen-bond acceptors (Lipinski definition) is 7. The fraction of sp³-hybridized carbons (Fsp3) is 0.318. The van der Waals surface area contributed by atoms with Crippen molar-refractivity contribution in [2.24, 2.45) is 0 Å². The Bertz CT molecular complexity index is 1450. The van der Waals surface area contributed by atoms with Gasteiger partial charge in [-0.2, -0.15) is 8.78 Å². The Morgan fingerprint density at radius 1 is 1.25 bits per heavy atom. The van der Waals surface area contributed by atoms with E-state index in [9.17, 15) is 14.7 Å². The van der Waals surface area contributed by atoms with E-state index in [4.69, 9.17) is 15.2 Å². The number of ether oxygens (including phenoxy) is 2. The number of carbonyl (C=O) groups excluding carboxylic acids is 1. The van der Waals surface area contributed by atoms with E-state index in [1.807, 2.05) is 0 Å². The summed E-state index contributed by atoms with van der Waals surface area (Å²) >= 11 is 0. The van der Waals surface area contributed by atoms with Crippen molar-refractivity contribution in [3.63, 3.8) is 0 Å². The van der Waals surface area contributed by atoms with E-state index >= 15 is 8.78 Å². The van der Waals surface area contributed by atoms with Crippen LogP contribution in [0.25, 0.3) is 22.3 Å². The number of carbonyl (C=O) groups is 1. The third-order valence-electron chi connectivity index (χ3n) is 6.60. The van der Waals surface area contributed by atoms with Crippen molar-refractivity contribution >= 4 is 22.6 Å². The van der Waals surface area contributed by atoms with Crippen LogP contribution in [0.2, 0.25) is 0 Å². The van der Waals surface area contributed by atoms with Crippen molar-refractivity contribution in [2.45, 2.75) is 38.0 Å². The molecule has 3 aliphatic rings. The molecule has 6 rings (SSSR count). The maximum atomic E-state index is 15.1. The van der Waals surface area contributed by atoms with Crippen LogP contribution in [0.5, 0.6) is 5.75 Å². The Hall–Kier alpha value is -3.53. The van der Waals surface area contributed by atoms with Gasteiger partial charge >= 0.3 is 11.9 Å². The number of anilines is 1. The highest BCUT2D eigenvalue weighted by atomic mass is 19.3. The molecule has 1 atom stereocenters. The van der Waals surface area contributed by atoms with Crippen LogP contribution in [-0.2, 0) is 34.2 Å². The van der Waals surface area contributed by atoms with Crippen LogP contribution in [0.3, 0.4) is 0 Å². The SMILES string of the molecule is CC[C@@]1(O)C(=O)OCc2c1cc1n(c2=O)Cc2c-1nc1ccc(N)c3c1c2C(F)(F)CO3.